The van der Waals surface area contributed by atoms with E-state index in [2.05, 4.69) is 154 Å². The lowest BCUT2D eigenvalue weighted by atomic mass is 9.32. The van der Waals surface area contributed by atoms with Crippen molar-refractivity contribution in [3.05, 3.63) is 156 Å². The number of hydrogen-bond acceptors (Lipinski definition) is 4. The molecule has 0 fully saturated rings. The topological polar surface area (TPSA) is 11.4 Å². The molecular weight excluding hydrogens is 621 g/mol. The van der Waals surface area contributed by atoms with Crippen molar-refractivity contribution in [2.45, 2.75) is 32.0 Å². The van der Waals surface area contributed by atoms with E-state index in [1.807, 2.05) is 23.5 Å². The van der Waals surface area contributed by atoms with Crippen LogP contribution >= 0.6 is 23.5 Å². The second-order valence-corrected chi connectivity index (χ2v) is 15.4. The molecule has 7 aromatic rings. The van der Waals surface area contributed by atoms with Gasteiger partial charge < -0.3 is 14.4 Å². The molecule has 1 aromatic heterocycles. The number of para-hydroxylation sites is 6. The van der Waals surface area contributed by atoms with Crippen molar-refractivity contribution >= 4 is 85.7 Å². The van der Waals surface area contributed by atoms with Gasteiger partial charge in [-0.2, -0.15) is 0 Å². The number of allylic oxidation sites excluding steroid dienone is 3. The molecule has 1 atom stereocenters. The maximum absolute atomic E-state index is 2.65. The molecule has 224 valence electrons. The molecule has 6 heteroatoms. The average molecular weight is 648 g/mol. The van der Waals surface area contributed by atoms with Crippen molar-refractivity contribution in [1.29, 1.82) is 0 Å². The Labute approximate surface area is 287 Å². The maximum atomic E-state index is 2.65. The van der Waals surface area contributed by atoms with Crippen LogP contribution in [0.3, 0.4) is 0 Å². The fourth-order valence-electron chi connectivity index (χ4n) is 9.12. The minimum absolute atomic E-state index is 0.120. The van der Waals surface area contributed by atoms with Gasteiger partial charge in [0, 0.05) is 59.2 Å². The smallest absolute Gasteiger partial charge is 0.251 e. The van der Waals surface area contributed by atoms with Crippen molar-refractivity contribution in [2.24, 2.45) is 0 Å². The maximum Gasteiger partial charge on any atom is 0.251 e. The summed E-state index contributed by atoms with van der Waals surface area (Å²) in [5, 5.41) is 2.63. The van der Waals surface area contributed by atoms with Crippen molar-refractivity contribution in [2.75, 3.05) is 9.80 Å². The largest absolute Gasteiger partial charge is 0.333 e. The number of aromatic nitrogens is 1. The second-order valence-electron chi connectivity index (χ2n) is 13.2. The molecule has 1 unspecified atom stereocenters. The molecule has 0 N–H and O–H groups in total. The Morgan fingerprint density at radius 3 is 1.69 bits per heavy atom. The monoisotopic (exact) mass is 647 g/mol. The average Bonchev–Trinajstić information content (AvgIpc) is 3.48. The molecule has 0 amide bonds. The van der Waals surface area contributed by atoms with Gasteiger partial charge in [0.15, 0.2) is 0 Å². The van der Waals surface area contributed by atoms with Gasteiger partial charge in [-0.25, -0.2) is 0 Å². The first-order valence-electron chi connectivity index (χ1n) is 16.7. The zero-order valence-electron chi connectivity index (χ0n) is 25.8. The van der Waals surface area contributed by atoms with Crippen LogP contribution in [0.5, 0.6) is 0 Å². The lowest BCUT2D eigenvalue weighted by molar-refractivity contribution is 0.612. The summed E-state index contributed by atoms with van der Waals surface area (Å²) in [5.41, 5.74) is 14.9. The highest BCUT2D eigenvalue weighted by molar-refractivity contribution is 8.00. The molecule has 0 saturated heterocycles. The van der Waals surface area contributed by atoms with Gasteiger partial charge in [0.2, 0.25) is 0 Å². The third-order valence-electron chi connectivity index (χ3n) is 10.9. The normalized spacial score (nSPS) is 17.9. The quantitative estimate of drug-likeness (QED) is 0.164. The van der Waals surface area contributed by atoms with Crippen LogP contribution in [0.1, 0.15) is 12.5 Å². The van der Waals surface area contributed by atoms with Gasteiger partial charge in [0.05, 0.1) is 28.8 Å². The fourth-order valence-corrected chi connectivity index (χ4v) is 11.3. The van der Waals surface area contributed by atoms with Crippen LogP contribution < -0.4 is 20.7 Å². The highest BCUT2D eigenvalue weighted by Crippen LogP contribution is 2.59. The van der Waals surface area contributed by atoms with Crippen LogP contribution in [0.4, 0.5) is 22.7 Å². The molecule has 6 aromatic carbocycles. The van der Waals surface area contributed by atoms with E-state index in [1.165, 1.54) is 91.9 Å². The third kappa shape index (κ3) is 3.20. The van der Waals surface area contributed by atoms with E-state index in [-0.39, 0.29) is 12.8 Å². The Morgan fingerprint density at radius 2 is 1.04 bits per heavy atom. The number of rotatable bonds is 1. The van der Waals surface area contributed by atoms with E-state index in [4.69, 9.17) is 0 Å². The third-order valence-corrected chi connectivity index (χ3v) is 13.1. The zero-order valence-corrected chi connectivity index (χ0v) is 27.4. The SMILES string of the molecule is C1=C2C3=C(CC1n1c4ccccc4c4ccccc41)N1c4ccccc4Sc4cccc(c41)B3c1cccc3c1N2c1ccccc1S3. The molecule has 12 rings (SSSR count). The van der Waals surface area contributed by atoms with Crippen LogP contribution in [-0.4, -0.2) is 11.3 Å². The summed E-state index contributed by atoms with van der Waals surface area (Å²) >= 11 is 3.82. The second kappa shape index (κ2) is 9.31. The van der Waals surface area contributed by atoms with Crippen LogP contribution in [0.25, 0.3) is 21.8 Å². The molecule has 0 saturated carbocycles. The highest BCUT2D eigenvalue weighted by Gasteiger charge is 2.50. The molecule has 4 aliphatic heterocycles. The number of benzene rings is 6. The number of fused-ring (bicyclic) bond motifs is 11. The van der Waals surface area contributed by atoms with E-state index in [1.54, 1.807) is 0 Å². The lowest BCUT2D eigenvalue weighted by Gasteiger charge is -2.51. The number of hydrogen-bond donors (Lipinski definition) is 0. The predicted molar refractivity (Wildman–Crippen MR) is 202 cm³/mol. The Bertz CT molecular complexity index is 2600. The number of anilines is 4. The summed E-state index contributed by atoms with van der Waals surface area (Å²) in [6.07, 6.45) is 3.51. The Hall–Kier alpha value is -5.04. The van der Waals surface area contributed by atoms with Crippen LogP contribution in [0.2, 0.25) is 0 Å². The summed E-state index contributed by atoms with van der Waals surface area (Å²) in [6, 6.07) is 50.0. The zero-order chi connectivity index (χ0) is 31.1. The molecule has 0 bridgehead atoms. The van der Waals surface area contributed by atoms with Crippen molar-refractivity contribution in [3.63, 3.8) is 0 Å². The van der Waals surface area contributed by atoms with Gasteiger partial charge in [-0.05, 0) is 71.0 Å². The van der Waals surface area contributed by atoms with Gasteiger partial charge in [-0.3, -0.25) is 0 Å². The summed E-state index contributed by atoms with van der Waals surface area (Å²) in [6.45, 7) is 0.166. The molecule has 5 aliphatic rings. The van der Waals surface area contributed by atoms with E-state index in [9.17, 15) is 0 Å². The minimum Gasteiger partial charge on any atom is -0.333 e. The molecule has 5 heterocycles. The first-order valence-corrected chi connectivity index (χ1v) is 18.3. The van der Waals surface area contributed by atoms with E-state index < -0.39 is 0 Å². The summed E-state index contributed by atoms with van der Waals surface area (Å²) in [7, 11) is 0. The van der Waals surface area contributed by atoms with Crippen molar-refractivity contribution in [3.8, 4) is 0 Å². The van der Waals surface area contributed by atoms with Gasteiger partial charge in [0.1, 0.15) is 0 Å². The molecule has 3 nitrogen and oxygen atoms in total. The first-order chi connectivity index (χ1) is 23.8. The molecule has 0 radical (unpaired) electrons. The van der Waals surface area contributed by atoms with Gasteiger partial charge >= 0.3 is 0 Å². The van der Waals surface area contributed by atoms with Crippen molar-refractivity contribution < 1.29 is 0 Å². The standard InChI is InChI=1S/C42H26BN3S2/c1-3-15-30-26(11-1)27-12-2-4-16-31(27)44(30)25-23-34-40-35(24-25)46-33-18-6-8-20-37(33)48-39-22-10-14-29(42(39)46)43(40)28-13-9-21-38-41(28)45(34)32-17-5-7-19-36(32)47-38/h1-23,25H,24H2. The van der Waals surface area contributed by atoms with Gasteiger partial charge in [-0.15, -0.1) is 0 Å². The van der Waals surface area contributed by atoms with Gasteiger partial charge in [0.25, 0.3) is 6.71 Å². The van der Waals surface area contributed by atoms with Gasteiger partial charge in [-0.1, -0.05) is 108 Å². The van der Waals surface area contributed by atoms with E-state index >= 15 is 0 Å². The van der Waals surface area contributed by atoms with E-state index in [0.29, 0.717) is 0 Å². The molecule has 1 aliphatic carbocycles. The Balaban J connectivity index is 1.22. The summed E-state index contributed by atoms with van der Waals surface area (Å²) in [4.78, 5) is 10.6. The van der Waals surface area contributed by atoms with Crippen LogP contribution in [0, 0.1) is 0 Å². The highest BCUT2D eigenvalue weighted by atomic mass is 32.2. The predicted octanol–water partition coefficient (Wildman–Crippen LogP) is 9.96. The molecule has 0 spiro atoms. The van der Waals surface area contributed by atoms with Crippen LogP contribution in [-0.2, 0) is 0 Å². The summed E-state index contributed by atoms with van der Waals surface area (Å²) < 4.78 is 2.62. The molecule has 48 heavy (non-hydrogen) atoms. The van der Waals surface area contributed by atoms with Crippen molar-refractivity contribution in [1.82, 2.24) is 4.57 Å². The Kier molecular flexibility index (Phi) is 5.04. The Morgan fingerprint density at radius 1 is 0.521 bits per heavy atom. The minimum atomic E-state index is 0.120. The molecular formula is C42H26BN3S2. The lowest BCUT2D eigenvalue weighted by Crippen LogP contribution is -2.58. The van der Waals surface area contributed by atoms with E-state index in [0.717, 1.165) is 6.42 Å². The summed E-state index contributed by atoms with van der Waals surface area (Å²) in [5.74, 6) is 0. The fraction of sp³-hybridized carbons (Fsp3) is 0.0476. The first kappa shape index (κ1) is 26.0. The van der Waals surface area contributed by atoms with Crippen LogP contribution in [0.15, 0.2) is 176 Å². The number of nitrogens with zero attached hydrogens (tertiary/aromatic N) is 3.